The second-order valence-corrected chi connectivity index (χ2v) is 18.9. The van der Waals surface area contributed by atoms with Crippen molar-refractivity contribution in [1.29, 1.82) is 0 Å². The molecule has 0 N–H and O–H groups in total. The Bertz CT molecular complexity index is 2560. The Morgan fingerprint density at radius 1 is 0.397 bits per heavy atom. The van der Waals surface area contributed by atoms with Gasteiger partial charge in [-0.05, 0) is 140 Å². The topological polar surface area (TPSA) is 6.48 Å². The Kier molecular flexibility index (Phi) is 24.5. The van der Waals surface area contributed by atoms with Gasteiger partial charge in [-0.3, -0.25) is 0 Å². The number of aryl methyl sites for hydroxylation is 3. The minimum atomic E-state index is 0. The van der Waals surface area contributed by atoms with Crippen LogP contribution in [-0.4, -0.2) is 70.7 Å². The fraction of sp³-hybridized carbons (Fsp3) is 0.250. The van der Waals surface area contributed by atoms with Gasteiger partial charge in [0.05, 0.1) is 21.1 Å². The molecular weight excluding hydrogens is 846 g/mol. The van der Waals surface area contributed by atoms with E-state index in [1.165, 1.54) is 77.9 Å². The molecule has 68 heavy (non-hydrogen) atoms. The summed E-state index contributed by atoms with van der Waals surface area (Å²) in [5, 5.41) is 0. The van der Waals surface area contributed by atoms with E-state index in [1.807, 2.05) is 38.2 Å². The van der Waals surface area contributed by atoms with E-state index in [2.05, 4.69) is 255 Å². The van der Waals surface area contributed by atoms with Crippen molar-refractivity contribution in [2.45, 2.75) is 53.6 Å². The van der Waals surface area contributed by atoms with Crippen molar-refractivity contribution in [3.05, 3.63) is 240 Å². The van der Waals surface area contributed by atoms with Crippen LogP contribution in [0.2, 0.25) is 0 Å². The zero-order valence-electron chi connectivity index (χ0n) is 42.2. The van der Waals surface area contributed by atoms with Crippen molar-refractivity contribution < 1.29 is 4.48 Å². The Morgan fingerprint density at radius 3 is 1.01 bits per heavy atom. The summed E-state index contributed by atoms with van der Waals surface area (Å²) in [4.78, 5) is 4.21. The number of halogens is 1. The van der Waals surface area contributed by atoms with Crippen molar-refractivity contribution in [1.82, 2.24) is 9.80 Å². The summed E-state index contributed by atoms with van der Waals surface area (Å²) in [5.41, 5.74) is 18.2. The van der Waals surface area contributed by atoms with Crippen LogP contribution in [0.3, 0.4) is 0 Å². The Balaban J connectivity index is 0.000000233. The molecule has 0 spiro atoms. The molecule has 4 heteroatoms. The molecule has 0 aliphatic heterocycles. The number of rotatable bonds is 10. The summed E-state index contributed by atoms with van der Waals surface area (Å²) < 4.78 is 0.963. The molecule has 0 heterocycles. The van der Waals surface area contributed by atoms with Crippen LogP contribution in [-0.2, 0) is 25.4 Å². The van der Waals surface area contributed by atoms with Gasteiger partial charge in [0.15, 0.2) is 0 Å². The number of hydrogen-bond acceptors (Lipinski definition) is 2. The van der Waals surface area contributed by atoms with Crippen LogP contribution in [0.25, 0.3) is 44.5 Å². The SMILES string of the molecule is C.CCc1ccc(-c2ccccc2)cc1.CN(C)C.C[N+](C)(C)Cc1ccc(-c2ccccc2)cc1.Cc1ccc(-c2ccccc2)cc1CCl.Cc1ccc(-c2ccccc2)cc1CN(C)C. The molecule has 0 aliphatic carbocycles. The van der Waals surface area contributed by atoms with Crippen molar-refractivity contribution in [3.8, 4) is 44.5 Å². The van der Waals surface area contributed by atoms with Gasteiger partial charge in [0, 0.05) is 18.0 Å². The van der Waals surface area contributed by atoms with Gasteiger partial charge in [-0.25, -0.2) is 0 Å². The van der Waals surface area contributed by atoms with E-state index in [-0.39, 0.29) is 7.43 Å². The lowest BCUT2D eigenvalue weighted by Crippen LogP contribution is -2.33. The van der Waals surface area contributed by atoms with E-state index in [4.69, 9.17) is 11.6 Å². The van der Waals surface area contributed by atoms with Crippen molar-refractivity contribution in [2.75, 3.05) is 56.4 Å². The molecule has 0 aromatic heterocycles. The molecule has 8 aromatic carbocycles. The monoisotopic (exact) mass is 925 g/mol. The van der Waals surface area contributed by atoms with E-state index in [0.717, 1.165) is 24.0 Å². The third kappa shape index (κ3) is 20.4. The predicted octanol–water partition coefficient (Wildman–Crippen LogP) is 16.4. The van der Waals surface area contributed by atoms with Crippen LogP contribution in [0.1, 0.15) is 47.7 Å². The molecule has 0 saturated carbocycles. The lowest BCUT2D eigenvalue weighted by atomic mass is 9.99. The quantitative estimate of drug-likeness (QED) is 0.0996. The molecule has 8 aromatic rings. The molecule has 0 aliphatic rings. The standard InChI is InChI=1S/C16H20N.C16H19N.C14H13Cl.C14H14.C3H9N.CH4/c1-17(2,3)13-14-9-11-16(12-10-14)15-7-5-4-6-8-15;1-13-9-10-15(11-16(13)12-17(2)3)14-7-5-4-6-8-14;1-11-7-8-13(9-14(11)10-15)12-5-3-2-4-6-12;1-2-12-8-10-14(11-9-12)13-6-4-3-5-7-13;1-4(2)3;/h4-12H,13H2,1-3H3;4-11H,12H2,1-3H3;2-9H,10H2,1H3;3-11H,2H2,1H3;1-3H3;1H4/q+1;;;;;. The van der Waals surface area contributed by atoms with Crippen LogP contribution < -0.4 is 0 Å². The third-order valence-electron chi connectivity index (χ3n) is 10.7. The number of nitrogens with zero attached hydrogens (tertiary/aromatic N) is 3. The van der Waals surface area contributed by atoms with Gasteiger partial charge >= 0.3 is 0 Å². The zero-order valence-corrected chi connectivity index (χ0v) is 42.9. The molecule has 0 bridgehead atoms. The van der Waals surface area contributed by atoms with Gasteiger partial charge in [-0.1, -0.05) is 208 Å². The van der Waals surface area contributed by atoms with E-state index >= 15 is 0 Å². The highest BCUT2D eigenvalue weighted by atomic mass is 35.5. The lowest BCUT2D eigenvalue weighted by Gasteiger charge is -2.23. The van der Waals surface area contributed by atoms with Crippen LogP contribution in [0, 0.1) is 13.8 Å². The highest BCUT2D eigenvalue weighted by Gasteiger charge is 2.09. The van der Waals surface area contributed by atoms with Crippen LogP contribution in [0.15, 0.2) is 206 Å². The fourth-order valence-corrected chi connectivity index (χ4v) is 7.45. The van der Waals surface area contributed by atoms with E-state index in [0.29, 0.717) is 5.88 Å². The summed E-state index contributed by atoms with van der Waals surface area (Å²) in [6.07, 6.45) is 1.11. The average Bonchev–Trinajstić information content (AvgIpc) is 3.33. The smallest absolute Gasteiger partial charge is 0.104 e. The average molecular weight is 926 g/mol. The van der Waals surface area contributed by atoms with Gasteiger partial charge in [-0.2, -0.15) is 0 Å². The third-order valence-corrected chi connectivity index (χ3v) is 11.0. The molecule has 0 fully saturated rings. The van der Waals surface area contributed by atoms with Crippen LogP contribution in [0.4, 0.5) is 0 Å². The van der Waals surface area contributed by atoms with Gasteiger partial charge in [-0.15, -0.1) is 11.6 Å². The van der Waals surface area contributed by atoms with Gasteiger partial charge in [0.2, 0.25) is 0 Å². The Labute approximate surface area is 417 Å². The summed E-state index contributed by atoms with van der Waals surface area (Å²) >= 11 is 5.89. The largest absolute Gasteiger partial charge is 0.327 e. The molecule has 8 rings (SSSR count). The van der Waals surface area contributed by atoms with E-state index < -0.39 is 0 Å². The minimum absolute atomic E-state index is 0. The molecule has 0 atom stereocenters. The highest BCUT2D eigenvalue weighted by Crippen LogP contribution is 2.25. The second-order valence-electron chi connectivity index (χ2n) is 18.7. The molecule has 0 unspecified atom stereocenters. The molecule has 3 nitrogen and oxygen atoms in total. The van der Waals surface area contributed by atoms with Crippen LogP contribution in [0.5, 0.6) is 0 Å². The fourth-order valence-electron chi connectivity index (χ4n) is 7.16. The summed E-state index contributed by atoms with van der Waals surface area (Å²) in [6, 6.07) is 72.6. The second kappa shape index (κ2) is 29.6. The van der Waals surface area contributed by atoms with Gasteiger partial charge in [0.25, 0.3) is 0 Å². The van der Waals surface area contributed by atoms with Gasteiger partial charge < -0.3 is 14.3 Å². The number of quaternary nitrogens is 1. The molecule has 0 amide bonds. The van der Waals surface area contributed by atoms with E-state index in [1.54, 1.807) is 0 Å². The summed E-state index contributed by atoms with van der Waals surface area (Å²) in [6.45, 7) is 8.50. The van der Waals surface area contributed by atoms with Crippen molar-refractivity contribution in [2.24, 2.45) is 0 Å². The van der Waals surface area contributed by atoms with Crippen molar-refractivity contribution in [3.63, 3.8) is 0 Å². The maximum Gasteiger partial charge on any atom is 0.104 e. The minimum Gasteiger partial charge on any atom is -0.327 e. The number of alkyl halides is 1. The molecule has 0 saturated heterocycles. The van der Waals surface area contributed by atoms with E-state index in [9.17, 15) is 0 Å². The first-order valence-electron chi connectivity index (χ1n) is 23.4. The Hall–Kier alpha value is -6.07. The Morgan fingerprint density at radius 2 is 0.691 bits per heavy atom. The maximum absolute atomic E-state index is 5.89. The zero-order chi connectivity index (χ0) is 48.6. The van der Waals surface area contributed by atoms with Crippen LogP contribution >= 0.6 is 11.6 Å². The molecule has 356 valence electrons. The normalized spacial score (nSPS) is 10.4. The first-order chi connectivity index (χ1) is 32.1. The van der Waals surface area contributed by atoms with Crippen molar-refractivity contribution >= 4 is 11.6 Å². The lowest BCUT2D eigenvalue weighted by molar-refractivity contribution is -0.884. The number of hydrogen-bond donors (Lipinski definition) is 0. The number of benzene rings is 8. The summed E-state index contributed by atoms with van der Waals surface area (Å²) in [5.74, 6) is 0.576. The highest BCUT2D eigenvalue weighted by molar-refractivity contribution is 6.17. The van der Waals surface area contributed by atoms with Gasteiger partial charge in [0.1, 0.15) is 6.54 Å². The first-order valence-corrected chi connectivity index (χ1v) is 23.9. The first kappa shape index (κ1) is 56.3. The summed E-state index contributed by atoms with van der Waals surface area (Å²) in [7, 11) is 16.9. The predicted molar refractivity (Wildman–Crippen MR) is 301 cm³/mol. The maximum atomic E-state index is 5.89. The molecule has 0 radical (unpaired) electrons. The molecular formula is C64H79ClN3+.